The van der Waals surface area contributed by atoms with Crippen molar-refractivity contribution >= 4 is 23.4 Å². The van der Waals surface area contributed by atoms with Crippen molar-refractivity contribution in [3.05, 3.63) is 71.5 Å². The highest BCUT2D eigenvalue weighted by Gasteiger charge is 2.10. The fraction of sp³-hybridized carbons (Fsp3) is 0.111. The highest BCUT2D eigenvalue weighted by Crippen LogP contribution is 2.17. The normalized spacial score (nSPS) is 10.2. The Bertz CT molecular complexity index is 901. The molecular weight excluding hydrogens is 334 g/mol. The number of aromatic nitrogens is 3. The number of anilines is 1. The topological polar surface area (TPSA) is 94.5 Å². The summed E-state index contributed by atoms with van der Waals surface area (Å²) in [4.78, 5) is 16.4. The number of benzene rings is 2. The lowest BCUT2D eigenvalue weighted by atomic mass is 10.1. The van der Waals surface area contributed by atoms with Crippen LogP contribution in [0.4, 0.5) is 5.69 Å². The van der Waals surface area contributed by atoms with E-state index in [1.165, 1.54) is 11.8 Å². The third kappa shape index (κ3) is 4.68. The molecule has 0 aliphatic heterocycles. The van der Waals surface area contributed by atoms with Crippen LogP contribution in [-0.2, 0) is 11.2 Å². The molecular formula is C18H15N5OS. The Labute approximate surface area is 149 Å². The number of carbonyl (C=O) groups is 1. The second-order valence-corrected chi connectivity index (χ2v) is 6.16. The quantitative estimate of drug-likeness (QED) is 0.667. The molecule has 2 aromatic carbocycles. The van der Waals surface area contributed by atoms with Crippen molar-refractivity contribution in [3.8, 4) is 6.07 Å². The average molecular weight is 349 g/mol. The summed E-state index contributed by atoms with van der Waals surface area (Å²) in [5, 5.41) is 19.3. The van der Waals surface area contributed by atoms with Crippen LogP contribution in [0, 0.1) is 11.3 Å². The van der Waals surface area contributed by atoms with E-state index in [0.717, 1.165) is 11.4 Å². The number of thioether (sulfide) groups is 1. The molecule has 0 aliphatic rings. The monoisotopic (exact) mass is 349 g/mol. The Hall–Kier alpha value is -3.11. The van der Waals surface area contributed by atoms with Crippen molar-refractivity contribution in [3.63, 3.8) is 0 Å². The fourth-order valence-electron chi connectivity index (χ4n) is 2.22. The number of nitrogens with one attached hydrogen (secondary N) is 2. The molecule has 0 bridgehead atoms. The zero-order chi connectivity index (χ0) is 17.5. The highest BCUT2D eigenvalue weighted by molar-refractivity contribution is 7.99. The van der Waals surface area contributed by atoms with Gasteiger partial charge in [0.1, 0.15) is 11.9 Å². The first-order valence-electron chi connectivity index (χ1n) is 7.61. The summed E-state index contributed by atoms with van der Waals surface area (Å²) in [6, 6.07) is 18.9. The number of hydrogen-bond donors (Lipinski definition) is 2. The van der Waals surface area contributed by atoms with Crippen molar-refractivity contribution in [2.45, 2.75) is 11.6 Å². The minimum atomic E-state index is -0.206. The van der Waals surface area contributed by atoms with E-state index in [-0.39, 0.29) is 11.7 Å². The number of nitriles is 1. The van der Waals surface area contributed by atoms with Gasteiger partial charge in [-0.2, -0.15) is 5.26 Å². The smallest absolute Gasteiger partial charge is 0.234 e. The molecule has 0 aliphatic carbocycles. The number of aromatic amines is 1. The van der Waals surface area contributed by atoms with Crippen LogP contribution < -0.4 is 5.32 Å². The van der Waals surface area contributed by atoms with Crippen LogP contribution in [0.1, 0.15) is 17.0 Å². The van der Waals surface area contributed by atoms with Gasteiger partial charge in [0.05, 0.1) is 17.0 Å². The lowest BCUT2D eigenvalue weighted by molar-refractivity contribution is -0.113. The van der Waals surface area contributed by atoms with E-state index in [1.807, 2.05) is 36.4 Å². The van der Waals surface area contributed by atoms with Crippen molar-refractivity contribution < 1.29 is 4.79 Å². The third-order valence-corrected chi connectivity index (χ3v) is 4.23. The molecule has 0 unspecified atom stereocenters. The number of carbonyl (C=O) groups excluding carboxylic acids is 1. The Morgan fingerprint density at radius 3 is 2.72 bits per heavy atom. The van der Waals surface area contributed by atoms with Crippen LogP contribution in [0.25, 0.3) is 0 Å². The van der Waals surface area contributed by atoms with Gasteiger partial charge in [-0.3, -0.25) is 9.89 Å². The van der Waals surface area contributed by atoms with Crippen LogP contribution in [-0.4, -0.2) is 26.8 Å². The Morgan fingerprint density at radius 1 is 1.16 bits per heavy atom. The summed E-state index contributed by atoms with van der Waals surface area (Å²) < 4.78 is 0. The SMILES string of the molecule is N#Cc1ccccc1NC(=O)CSc1n[nH]c(Cc2ccccc2)n1. The molecule has 3 rings (SSSR count). The lowest BCUT2D eigenvalue weighted by Gasteiger charge is -2.05. The van der Waals surface area contributed by atoms with Crippen molar-refractivity contribution in [1.82, 2.24) is 15.2 Å². The number of rotatable bonds is 6. The summed E-state index contributed by atoms with van der Waals surface area (Å²) in [6.07, 6.45) is 0.663. The standard InChI is InChI=1S/C18H15N5OS/c19-11-14-8-4-5-9-15(14)20-17(24)12-25-18-21-16(22-23-18)10-13-6-2-1-3-7-13/h1-9H,10,12H2,(H,20,24)(H,21,22,23). The van der Waals surface area contributed by atoms with Gasteiger partial charge in [0, 0.05) is 6.42 Å². The predicted octanol–water partition coefficient (Wildman–Crippen LogP) is 3.00. The number of hydrogen-bond acceptors (Lipinski definition) is 5. The van der Waals surface area contributed by atoms with E-state index < -0.39 is 0 Å². The molecule has 0 radical (unpaired) electrons. The molecule has 0 fully saturated rings. The molecule has 3 aromatic rings. The van der Waals surface area contributed by atoms with Gasteiger partial charge in [-0.1, -0.05) is 54.2 Å². The van der Waals surface area contributed by atoms with Crippen LogP contribution in [0.3, 0.4) is 0 Å². The molecule has 7 heteroatoms. The minimum Gasteiger partial charge on any atom is -0.324 e. The minimum absolute atomic E-state index is 0.169. The predicted molar refractivity (Wildman–Crippen MR) is 96.1 cm³/mol. The molecule has 0 saturated carbocycles. The molecule has 1 heterocycles. The Kier molecular flexibility index (Phi) is 5.44. The molecule has 1 aromatic heterocycles. The van der Waals surface area contributed by atoms with Gasteiger partial charge in [-0.25, -0.2) is 4.98 Å². The van der Waals surface area contributed by atoms with Gasteiger partial charge >= 0.3 is 0 Å². The maximum absolute atomic E-state index is 12.0. The maximum Gasteiger partial charge on any atom is 0.234 e. The summed E-state index contributed by atoms with van der Waals surface area (Å²) in [5.41, 5.74) is 2.08. The van der Waals surface area contributed by atoms with Crippen LogP contribution in [0.2, 0.25) is 0 Å². The molecule has 2 N–H and O–H groups in total. The second-order valence-electron chi connectivity index (χ2n) is 5.22. The first kappa shape index (κ1) is 16.7. The summed E-state index contributed by atoms with van der Waals surface area (Å²) in [7, 11) is 0. The maximum atomic E-state index is 12.0. The number of para-hydroxylation sites is 1. The van der Waals surface area contributed by atoms with Crippen molar-refractivity contribution in [2.24, 2.45) is 0 Å². The molecule has 0 saturated heterocycles. The number of nitrogens with zero attached hydrogens (tertiary/aromatic N) is 3. The van der Waals surface area contributed by atoms with Gasteiger partial charge in [0.15, 0.2) is 0 Å². The first-order valence-corrected chi connectivity index (χ1v) is 8.60. The average Bonchev–Trinajstić information content (AvgIpc) is 3.09. The van der Waals surface area contributed by atoms with E-state index in [4.69, 9.17) is 5.26 Å². The van der Waals surface area contributed by atoms with Crippen LogP contribution >= 0.6 is 11.8 Å². The molecule has 0 spiro atoms. The lowest BCUT2D eigenvalue weighted by Crippen LogP contribution is -2.15. The van der Waals surface area contributed by atoms with Crippen molar-refractivity contribution in [1.29, 1.82) is 5.26 Å². The third-order valence-electron chi connectivity index (χ3n) is 3.38. The van der Waals surface area contributed by atoms with E-state index >= 15 is 0 Å². The second kappa shape index (κ2) is 8.13. The van der Waals surface area contributed by atoms with Gasteiger partial charge < -0.3 is 5.32 Å². The van der Waals surface area contributed by atoms with Gasteiger partial charge in [-0.05, 0) is 17.7 Å². The molecule has 0 atom stereocenters. The largest absolute Gasteiger partial charge is 0.324 e. The molecule has 1 amide bonds. The van der Waals surface area contributed by atoms with Gasteiger partial charge in [0.2, 0.25) is 11.1 Å². The summed E-state index contributed by atoms with van der Waals surface area (Å²) in [6.45, 7) is 0. The van der Waals surface area contributed by atoms with Gasteiger partial charge in [-0.15, -0.1) is 5.10 Å². The molecule has 124 valence electrons. The molecule has 6 nitrogen and oxygen atoms in total. The van der Waals surface area contributed by atoms with Gasteiger partial charge in [0.25, 0.3) is 0 Å². The zero-order valence-corrected chi connectivity index (χ0v) is 14.1. The van der Waals surface area contributed by atoms with E-state index in [0.29, 0.717) is 22.8 Å². The Balaban J connectivity index is 1.53. The van der Waals surface area contributed by atoms with E-state index in [1.54, 1.807) is 24.3 Å². The number of amides is 1. The Morgan fingerprint density at radius 2 is 1.92 bits per heavy atom. The zero-order valence-electron chi connectivity index (χ0n) is 13.3. The van der Waals surface area contributed by atoms with E-state index in [2.05, 4.69) is 20.5 Å². The van der Waals surface area contributed by atoms with Crippen LogP contribution in [0.15, 0.2) is 59.8 Å². The molecule has 25 heavy (non-hydrogen) atoms. The van der Waals surface area contributed by atoms with Crippen LogP contribution in [0.5, 0.6) is 0 Å². The summed E-state index contributed by atoms with van der Waals surface area (Å²) >= 11 is 1.24. The first-order chi connectivity index (χ1) is 12.2. The summed E-state index contributed by atoms with van der Waals surface area (Å²) in [5.74, 6) is 0.716. The fourth-order valence-corrected chi connectivity index (χ4v) is 2.83. The highest BCUT2D eigenvalue weighted by atomic mass is 32.2. The van der Waals surface area contributed by atoms with Crippen molar-refractivity contribution in [2.75, 3.05) is 11.1 Å². The van der Waals surface area contributed by atoms with E-state index in [9.17, 15) is 4.79 Å². The number of H-pyrrole nitrogens is 1.